The molecular weight excluding hydrogens is 258 g/mol. The van der Waals surface area contributed by atoms with Crippen molar-refractivity contribution in [1.82, 2.24) is 4.90 Å². The summed E-state index contributed by atoms with van der Waals surface area (Å²) >= 11 is 0. The van der Waals surface area contributed by atoms with Crippen LogP contribution >= 0.6 is 0 Å². The molecule has 0 radical (unpaired) electrons. The van der Waals surface area contributed by atoms with Gasteiger partial charge < -0.3 is 15.3 Å². The Morgan fingerprint density at radius 2 is 2.11 bits per heavy atom. The summed E-state index contributed by atoms with van der Waals surface area (Å²) in [7, 11) is 0. The number of carboxylic acids is 1. The number of amides is 2. The zero-order chi connectivity index (χ0) is 14.4. The Bertz CT molecular complexity index is 540. The molecule has 0 atom stereocenters. The van der Waals surface area contributed by atoms with Crippen molar-refractivity contribution in [3.05, 3.63) is 29.8 Å². The van der Waals surface area contributed by atoms with Gasteiger partial charge in [-0.25, -0.2) is 13.6 Å². The van der Waals surface area contributed by atoms with Crippen LogP contribution in [0.1, 0.15) is 0 Å². The van der Waals surface area contributed by atoms with E-state index in [1.165, 1.54) is 0 Å². The van der Waals surface area contributed by atoms with E-state index in [0.29, 0.717) is 6.07 Å². The molecule has 7 heteroatoms. The number of benzene rings is 1. The van der Waals surface area contributed by atoms with E-state index < -0.39 is 30.2 Å². The smallest absolute Gasteiger partial charge is 0.323 e. The molecule has 100 valence electrons. The van der Waals surface area contributed by atoms with Gasteiger partial charge in [-0.2, -0.15) is 0 Å². The van der Waals surface area contributed by atoms with Crippen LogP contribution in [-0.2, 0) is 4.79 Å². The first-order chi connectivity index (χ1) is 8.93. The summed E-state index contributed by atoms with van der Waals surface area (Å²) in [5.41, 5.74) is -0.265. The molecule has 0 aliphatic carbocycles. The Morgan fingerprint density at radius 3 is 2.63 bits per heavy atom. The van der Waals surface area contributed by atoms with Gasteiger partial charge in [0.1, 0.15) is 18.2 Å². The molecule has 0 spiro atoms. The highest BCUT2D eigenvalue weighted by Crippen LogP contribution is 2.15. The number of carboxylic acid groups (broad SMARTS) is 1. The van der Waals surface area contributed by atoms with Crippen LogP contribution in [0, 0.1) is 24.0 Å². The molecule has 0 saturated carbocycles. The molecule has 5 nitrogen and oxygen atoms in total. The van der Waals surface area contributed by atoms with Gasteiger partial charge in [0.15, 0.2) is 0 Å². The number of halogens is 2. The molecular formula is C12H10F2N2O3. The summed E-state index contributed by atoms with van der Waals surface area (Å²) in [4.78, 5) is 23.0. The van der Waals surface area contributed by atoms with Gasteiger partial charge in [0.05, 0.1) is 12.2 Å². The van der Waals surface area contributed by atoms with Crippen LogP contribution in [0.15, 0.2) is 18.2 Å². The Morgan fingerprint density at radius 1 is 1.42 bits per heavy atom. The van der Waals surface area contributed by atoms with Crippen molar-refractivity contribution in [1.29, 1.82) is 0 Å². The minimum Gasteiger partial charge on any atom is -0.480 e. The first-order valence-corrected chi connectivity index (χ1v) is 5.10. The zero-order valence-corrected chi connectivity index (χ0v) is 9.69. The number of hydrogen-bond donors (Lipinski definition) is 2. The number of anilines is 1. The number of nitrogens with zero attached hydrogens (tertiary/aromatic N) is 1. The molecule has 0 unspecified atom stereocenters. The molecule has 0 bridgehead atoms. The van der Waals surface area contributed by atoms with Gasteiger partial charge in [-0.1, -0.05) is 5.92 Å². The summed E-state index contributed by atoms with van der Waals surface area (Å²) in [6.07, 6.45) is 5.00. The fourth-order valence-corrected chi connectivity index (χ4v) is 1.26. The molecule has 0 aliphatic rings. The van der Waals surface area contributed by atoms with Gasteiger partial charge in [0.2, 0.25) is 0 Å². The first kappa shape index (κ1) is 14.4. The standard InChI is InChI=1S/C12H10F2N2O3/c1-2-5-16(7-11(17)18)12(19)15-10-4-3-8(13)6-9(10)14/h1,3-4,6H,5,7H2,(H,15,19)(H,17,18). The first-order valence-electron chi connectivity index (χ1n) is 5.10. The highest BCUT2D eigenvalue weighted by atomic mass is 19.1. The van der Waals surface area contributed by atoms with E-state index in [2.05, 4.69) is 11.2 Å². The second kappa shape index (κ2) is 6.35. The Hall–Kier alpha value is -2.62. The SMILES string of the molecule is C#CCN(CC(=O)O)C(=O)Nc1ccc(F)cc1F. The number of hydrogen-bond acceptors (Lipinski definition) is 2. The molecule has 1 aromatic carbocycles. The fraction of sp³-hybridized carbons (Fsp3) is 0.167. The number of carbonyl (C=O) groups is 2. The van der Waals surface area contributed by atoms with Crippen molar-refractivity contribution in [2.45, 2.75) is 0 Å². The molecule has 0 saturated heterocycles. The van der Waals surface area contributed by atoms with Crippen LogP contribution in [0.25, 0.3) is 0 Å². The lowest BCUT2D eigenvalue weighted by molar-refractivity contribution is -0.137. The van der Waals surface area contributed by atoms with Crippen molar-refractivity contribution in [3.8, 4) is 12.3 Å². The van der Waals surface area contributed by atoms with Gasteiger partial charge in [0, 0.05) is 6.07 Å². The summed E-state index contributed by atoms with van der Waals surface area (Å²) in [5, 5.41) is 10.7. The predicted molar refractivity (Wildman–Crippen MR) is 63.4 cm³/mol. The van der Waals surface area contributed by atoms with Crippen LogP contribution in [0.3, 0.4) is 0 Å². The van der Waals surface area contributed by atoms with E-state index in [1.807, 2.05) is 0 Å². The number of nitrogens with one attached hydrogen (secondary N) is 1. The van der Waals surface area contributed by atoms with Gasteiger partial charge in [-0.05, 0) is 12.1 Å². The van der Waals surface area contributed by atoms with E-state index in [4.69, 9.17) is 11.5 Å². The summed E-state index contributed by atoms with van der Waals surface area (Å²) in [5.74, 6) is -0.906. The number of aliphatic carboxylic acids is 1. The summed E-state index contributed by atoms with van der Waals surface area (Å²) in [6.45, 7) is -0.875. The Kier molecular flexibility index (Phi) is 4.83. The van der Waals surface area contributed by atoms with E-state index >= 15 is 0 Å². The van der Waals surface area contributed by atoms with Gasteiger partial charge in [0.25, 0.3) is 0 Å². The predicted octanol–water partition coefficient (Wildman–Crippen LogP) is 1.52. The van der Waals surface area contributed by atoms with Crippen LogP contribution < -0.4 is 5.32 Å². The maximum Gasteiger partial charge on any atom is 0.323 e. The van der Waals surface area contributed by atoms with Gasteiger partial charge in [-0.15, -0.1) is 6.42 Å². The third-order valence-corrected chi connectivity index (χ3v) is 2.07. The van der Waals surface area contributed by atoms with Crippen molar-refractivity contribution < 1.29 is 23.5 Å². The second-order valence-corrected chi connectivity index (χ2v) is 3.51. The maximum atomic E-state index is 13.3. The zero-order valence-electron chi connectivity index (χ0n) is 9.69. The molecule has 0 heterocycles. The molecule has 2 amide bonds. The van der Waals surface area contributed by atoms with E-state index in [1.54, 1.807) is 0 Å². The van der Waals surface area contributed by atoms with Crippen LogP contribution in [-0.4, -0.2) is 35.1 Å². The average Bonchev–Trinajstić information content (AvgIpc) is 2.31. The fourth-order valence-electron chi connectivity index (χ4n) is 1.26. The molecule has 1 rings (SSSR count). The summed E-state index contributed by atoms with van der Waals surface area (Å²) in [6, 6.07) is 1.70. The van der Waals surface area contributed by atoms with Gasteiger partial charge in [-0.3, -0.25) is 4.79 Å². The molecule has 0 aromatic heterocycles. The minimum atomic E-state index is -1.26. The highest BCUT2D eigenvalue weighted by Gasteiger charge is 2.17. The van der Waals surface area contributed by atoms with Crippen LogP contribution in [0.2, 0.25) is 0 Å². The van der Waals surface area contributed by atoms with Crippen LogP contribution in [0.4, 0.5) is 19.3 Å². The summed E-state index contributed by atoms with van der Waals surface area (Å²) < 4.78 is 26.0. The number of rotatable bonds is 4. The van der Waals surface area contributed by atoms with Gasteiger partial charge >= 0.3 is 12.0 Å². The molecule has 2 N–H and O–H groups in total. The average molecular weight is 268 g/mol. The lowest BCUT2D eigenvalue weighted by Gasteiger charge is -2.18. The Balaban J connectivity index is 2.81. The van der Waals surface area contributed by atoms with E-state index in [9.17, 15) is 18.4 Å². The van der Waals surface area contributed by atoms with E-state index in [0.717, 1.165) is 17.0 Å². The lowest BCUT2D eigenvalue weighted by atomic mass is 10.3. The van der Waals surface area contributed by atoms with Crippen molar-refractivity contribution in [2.75, 3.05) is 18.4 Å². The molecule has 0 fully saturated rings. The van der Waals surface area contributed by atoms with Crippen molar-refractivity contribution in [3.63, 3.8) is 0 Å². The number of terminal acetylenes is 1. The maximum absolute atomic E-state index is 13.3. The van der Waals surface area contributed by atoms with Crippen molar-refractivity contribution in [2.24, 2.45) is 0 Å². The normalized spacial score (nSPS) is 9.53. The van der Waals surface area contributed by atoms with E-state index in [-0.39, 0.29) is 12.2 Å². The lowest BCUT2D eigenvalue weighted by Crippen LogP contribution is -2.39. The van der Waals surface area contributed by atoms with Crippen molar-refractivity contribution >= 4 is 17.7 Å². The molecule has 1 aromatic rings. The monoisotopic (exact) mass is 268 g/mol. The quantitative estimate of drug-likeness (QED) is 0.813. The third kappa shape index (κ3) is 4.27. The number of carbonyl (C=O) groups excluding carboxylic acids is 1. The highest BCUT2D eigenvalue weighted by molar-refractivity contribution is 5.91. The molecule has 19 heavy (non-hydrogen) atoms. The number of urea groups is 1. The third-order valence-electron chi connectivity index (χ3n) is 2.07. The topological polar surface area (TPSA) is 69.6 Å². The second-order valence-electron chi connectivity index (χ2n) is 3.51. The molecule has 0 aliphatic heterocycles. The largest absolute Gasteiger partial charge is 0.480 e. The Labute approximate surface area is 107 Å². The van der Waals surface area contributed by atoms with Crippen LogP contribution in [0.5, 0.6) is 0 Å². The minimum absolute atomic E-state index is 0.249.